The molecule has 3 atom stereocenters. The maximum absolute atomic E-state index is 13.1. The Labute approximate surface area is 177 Å². The van der Waals surface area contributed by atoms with E-state index in [9.17, 15) is 19.2 Å². The molecule has 0 spiro atoms. The Balaban J connectivity index is 2.30. The van der Waals surface area contributed by atoms with Gasteiger partial charge in [0, 0.05) is 33.2 Å². The van der Waals surface area contributed by atoms with Gasteiger partial charge < -0.3 is 28.3 Å². The van der Waals surface area contributed by atoms with E-state index in [1.807, 2.05) is 0 Å². The molecule has 1 aromatic heterocycles. The largest absolute Gasteiger partial charge is 0.497 e. The van der Waals surface area contributed by atoms with Crippen LogP contribution in [0.1, 0.15) is 32.4 Å². The minimum atomic E-state index is -1.17. The molecule has 0 fully saturated rings. The summed E-state index contributed by atoms with van der Waals surface area (Å²) < 4.78 is 28.5. The molecule has 3 rings (SSSR count). The van der Waals surface area contributed by atoms with Gasteiger partial charge >= 0.3 is 17.9 Å². The van der Waals surface area contributed by atoms with E-state index in [1.165, 1.54) is 32.4 Å². The number of hydrogen-bond acceptors (Lipinski definition) is 9. The lowest BCUT2D eigenvalue weighted by molar-refractivity contribution is -0.182. The van der Waals surface area contributed by atoms with E-state index in [0.29, 0.717) is 16.7 Å². The third kappa shape index (κ3) is 4.32. The van der Waals surface area contributed by atoms with Crippen molar-refractivity contribution >= 4 is 28.8 Å². The fourth-order valence-corrected chi connectivity index (χ4v) is 3.59. The zero-order valence-corrected chi connectivity index (χ0v) is 17.8. The van der Waals surface area contributed by atoms with Crippen LogP contribution in [0, 0.1) is 0 Å². The first kappa shape index (κ1) is 22.1. The fourth-order valence-electron chi connectivity index (χ4n) is 3.59. The standard InChI is InChI=1S/C21H23NO9/c1-10(23)28-9-16-18(29-11(2)24)19(30-12(3)25)17-14-8-13(27-5)6-7-15(14)22(4)21(26)20(17)31-16/h6-8,16,18-19H,9H2,1-5H3/t16-,18-,19-/m1/s1. The van der Waals surface area contributed by atoms with Crippen molar-refractivity contribution in [3.63, 3.8) is 0 Å². The van der Waals surface area contributed by atoms with Gasteiger partial charge in [-0.3, -0.25) is 19.2 Å². The molecule has 1 aliphatic rings. The molecule has 2 aromatic rings. The molecule has 10 nitrogen and oxygen atoms in total. The minimum absolute atomic E-state index is 0.0879. The van der Waals surface area contributed by atoms with Crippen LogP contribution in [0.4, 0.5) is 0 Å². The lowest BCUT2D eigenvalue weighted by atomic mass is 9.92. The highest BCUT2D eigenvalue weighted by Gasteiger charge is 2.46. The first-order valence-corrected chi connectivity index (χ1v) is 9.49. The molecule has 0 bridgehead atoms. The van der Waals surface area contributed by atoms with Gasteiger partial charge in [0.05, 0.1) is 18.2 Å². The van der Waals surface area contributed by atoms with E-state index in [4.69, 9.17) is 23.7 Å². The Morgan fingerprint density at radius 3 is 2.32 bits per heavy atom. The summed E-state index contributed by atoms with van der Waals surface area (Å²) in [5.74, 6) is -1.49. The van der Waals surface area contributed by atoms with Crippen LogP contribution in [-0.2, 0) is 35.6 Å². The second-order valence-electron chi connectivity index (χ2n) is 7.05. The number of carbonyl (C=O) groups excluding carboxylic acids is 3. The van der Waals surface area contributed by atoms with E-state index in [1.54, 1.807) is 25.2 Å². The van der Waals surface area contributed by atoms with Crippen LogP contribution >= 0.6 is 0 Å². The van der Waals surface area contributed by atoms with Crippen LogP contribution in [-0.4, -0.2) is 48.4 Å². The number of esters is 3. The molecular weight excluding hydrogens is 410 g/mol. The molecule has 0 saturated carbocycles. The molecule has 166 valence electrons. The monoisotopic (exact) mass is 433 g/mol. The number of methoxy groups -OCH3 is 1. The Hall–Kier alpha value is -3.56. The van der Waals surface area contributed by atoms with Crippen LogP contribution in [0.2, 0.25) is 0 Å². The van der Waals surface area contributed by atoms with Gasteiger partial charge in [0.25, 0.3) is 5.56 Å². The number of fused-ring (bicyclic) bond motifs is 3. The lowest BCUT2D eigenvalue weighted by Gasteiger charge is -2.38. The molecule has 1 aromatic carbocycles. The first-order valence-electron chi connectivity index (χ1n) is 9.49. The second-order valence-corrected chi connectivity index (χ2v) is 7.05. The van der Waals surface area contributed by atoms with Crippen molar-refractivity contribution in [2.24, 2.45) is 7.05 Å². The number of aryl methyl sites for hydroxylation is 1. The summed E-state index contributed by atoms with van der Waals surface area (Å²) in [6, 6.07) is 5.04. The molecular formula is C21H23NO9. The smallest absolute Gasteiger partial charge is 0.303 e. The summed E-state index contributed by atoms with van der Waals surface area (Å²) >= 11 is 0. The molecule has 31 heavy (non-hydrogen) atoms. The summed E-state index contributed by atoms with van der Waals surface area (Å²) in [7, 11) is 3.06. The van der Waals surface area contributed by atoms with Crippen molar-refractivity contribution < 1.29 is 38.1 Å². The number of nitrogens with zero attached hydrogens (tertiary/aromatic N) is 1. The first-order chi connectivity index (χ1) is 14.6. The topological polar surface area (TPSA) is 119 Å². The molecule has 0 saturated heterocycles. The Morgan fingerprint density at radius 2 is 1.74 bits per heavy atom. The number of carbonyl (C=O) groups is 3. The summed E-state index contributed by atoms with van der Waals surface area (Å²) in [5, 5.41) is 0.519. The maximum atomic E-state index is 13.1. The Morgan fingerprint density at radius 1 is 1.06 bits per heavy atom. The highest BCUT2D eigenvalue weighted by atomic mass is 16.6. The van der Waals surface area contributed by atoms with Crippen molar-refractivity contribution in [3.8, 4) is 11.5 Å². The third-order valence-corrected chi connectivity index (χ3v) is 4.86. The van der Waals surface area contributed by atoms with Crippen molar-refractivity contribution in [1.29, 1.82) is 0 Å². The van der Waals surface area contributed by atoms with Gasteiger partial charge in [0.2, 0.25) is 0 Å². The lowest BCUT2D eigenvalue weighted by Crippen LogP contribution is -2.49. The summed E-state index contributed by atoms with van der Waals surface area (Å²) in [5.41, 5.74) is 0.293. The molecule has 1 aliphatic heterocycles. The third-order valence-electron chi connectivity index (χ3n) is 4.86. The van der Waals surface area contributed by atoms with E-state index in [0.717, 1.165) is 0 Å². The zero-order chi connectivity index (χ0) is 22.9. The summed E-state index contributed by atoms with van der Waals surface area (Å²) in [6.45, 7) is 3.28. The molecule has 0 radical (unpaired) electrons. The van der Waals surface area contributed by atoms with E-state index in [2.05, 4.69) is 0 Å². The highest BCUT2D eigenvalue weighted by molar-refractivity contribution is 5.87. The van der Waals surface area contributed by atoms with Crippen LogP contribution < -0.4 is 15.0 Å². The summed E-state index contributed by atoms with van der Waals surface area (Å²) in [4.78, 5) is 48.2. The average Bonchev–Trinajstić information content (AvgIpc) is 2.70. The SMILES string of the molecule is COc1ccc2c(c1)c1c(c(=O)n2C)O[C@H](COC(C)=O)[C@@H](OC(C)=O)[C@@H]1OC(C)=O. The van der Waals surface area contributed by atoms with Crippen LogP contribution in [0.15, 0.2) is 23.0 Å². The molecule has 10 heteroatoms. The van der Waals surface area contributed by atoms with Crippen molar-refractivity contribution in [2.75, 3.05) is 13.7 Å². The van der Waals surface area contributed by atoms with Crippen molar-refractivity contribution in [3.05, 3.63) is 34.1 Å². The number of pyridine rings is 1. The predicted molar refractivity (Wildman–Crippen MR) is 107 cm³/mol. The summed E-state index contributed by atoms with van der Waals surface area (Å²) in [6.07, 6.45) is -3.40. The van der Waals surface area contributed by atoms with Crippen molar-refractivity contribution in [1.82, 2.24) is 4.57 Å². The molecule has 0 unspecified atom stereocenters. The average molecular weight is 433 g/mol. The van der Waals surface area contributed by atoms with Gasteiger partial charge in [0.15, 0.2) is 24.1 Å². The highest BCUT2D eigenvalue weighted by Crippen LogP contribution is 2.42. The molecule has 2 heterocycles. The predicted octanol–water partition coefficient (Wildman–Crippen LogP) is 1.41. The normalized spacial score (nSPS) is 19.7. The van der Waals surface area contributed by atoms with E-state index >= 15 is 0 Å². The van der Waals surface area contributed by atoms with Gasteiger partial charge in [-0.15, -0.1) is 0 Å². The zero-order valence-electron chi connectivity index (χ0n) is 17.8. The maximum Gasteiger partial charge on any atom is 0.303 e. The van der Waals surface area contributed by atoms with Crippen LogP contribution in [0.5, 0.6) is 11.5 Å². The number of rotatable bonds is 5. The Kier molecular flexibility index (Phi) is 6.19. The minimum Gasteiger partial charge on any atom is -0.497 e. The molecule has 0 amide bonds. The van der Waals surface area contributed by atoms with Gasteiger partial charge in [-0.2, -0.15) is 0 Å². The molecule has 0 N–H and O–H groups in total. The van der Waals surface area contributed by atoms with E-state index < -0.39 is 41.8 Å². The quantitative estimate of drug-likeness (QED) is 0.509. The van der Waals surface area contributed by atoms with Gasteiger partial charge in [-0.25, -0.2) is 0 Å². The fraction of sp³-hybridized carbons (Fsp3) is 0.429. The van der Waals surface area contributed by atoms with Crippen molar-refractivity contribution in [2.45, 2.75) is 39.1 Å². The van der Waals surface area contributed by atoms with Crippen LogP contribution in [0.3, 0.4) is 0 Å². The molecule has 0 aliphatic carbocycles. The number of ether oxygens (including phenoxy) is 5. The van der Waals surface area contributed by atoms with Gasteiger partial charge in [-0.05, 0) is 18.2 Å². The van der Waals surface area contributed by atoms with Crippen LogP contribution in [0.25, 0.3) is 10.9 Å². The number of hydrogen-bond donors (Lipinski definition) is 0. The number of benzene rings is 1. The number of aromatic nitrogens is 1. The van der Waals surface area contributed by atoms with E-state index in [-0.39, 0.29) is 17.9 Å². The van der Waals surface area contributed by atoms with Gasteiger partial charge in [0.1, 0.15) is 12.4 Å². The Bertz CT molecular complexity index is 1100. The van der Waals surface area contributed by atoms with Gasteiger partial charge in [-0.1, -0.05) is 0 Å². The second kappa shape index (κ2) is 8.66.